The summed E-state index contributed by atoms with van der Waals surface area (Å²) in [5.41, 5.74) is 0. The second kappa shape index (κ2) is 9.75. The van der Waals surface area contributed by atoms with Crippen molar-refractivity contribution in [2.75, 3.05) is 0 Å². The SMILES string of the molecule is O=P(O)(O)OF.[AlH3].[LiH].[V]. The van der Waals surface area contributed by atoms with E-state index in [0.717, 1.165) is 0 Å². The summed E-state index contributed by atoms with van der Waals surface area (Å²) < 4.78 is 21.4. The quantitative estimate of drug-likeness (QED) is 0.389. The van der Waals surface area contributed by atoms with Gasteiger partial charge in [0.15, 0.2) is 17.4 Å². The van der Waals surface area contributed by atoms with Gasteiger partial charge in [0.2, 0.25) is 0 Å². The molecule has 0 aliphatic rings. The van der Waals surface area contributed by atoms with Gasteiger partial charge in [-0.05, 0) is 4.53 Å². The first-order chi connectivity index (χ1) is 2.56. The van der Waals surface area contributed by atoms with Crippen molar-refractivity contribution < 1.29 is 42.2 Å². The summed E-state index contributed by atoms with van der Waals surface area (Å²) in [6.07, 6.45) is 0. The van der Waals surface area contributed by atoms with Crippen LogP contribution in [0.15, 0.2) is 0 Å². The van der Waals surface area contributed by atoms with Gasteiger partial charge in [-0.3, -0.25) is 0 Å². The zero-order valence-electron chi connectivity index (χ0n) is 2.98. The maximum atomic E-state index is 10.2. The molecular weight excluding hydrogens is 199 g/mol. The predicted molar refractivity (Wildman–Crippen MR) is 31.3 cm³/mol. The van der Waals surface area contributed by atoms with Crippen molar-refractivity contribution in [3.05, 3.63) is 0 Å². The summed E-state index contributed by atoms with van der Waals surface area (Å²) in [5, 5.41) is 0. The number of rotatable bonds is 1. The molecule has 1 radical (unpaired) electrons. The Hall–Kier alpha value is 1.75. The first-order valence-electron chi connectivity index (χ1n) is 0.919. The molecule has 0 unspecified atom stereocenters. The maximum Gasteiger partial charge on any atom is 0 e. The van der Waals surface area contributed by atoms with Gasteiger partial charge in [0.25, 0.3) is 0 Å². The molecule has 0 amide bonds. The van der Waals surface area contributed by atoms with E-state index in [0.29, 0.717) is 0 Å². The van der Waals surface area contributed by atoms with Gasteiger partial charge < -0.3 is 9.79 Å². The largest absolute Gasteiger partial charge is 0 e. The molecule has 0 heterocycles. The van der Waals surface area contributed by atoms with E-state index in [4.69, 9.17) is 14.4 Å². The topological polar surface area (TPSA) is 66.8 Å². The van der Waals surface area contributed by atoms with Crippen molar-refractivity contribution in [2.45, 2.75) is 0 Å². The van der Waals surface area contributed by atoms with Crippen LogP contribution in [0.5, 0.6) is 0 Å². The van der Waals surface area contributed by atoms with E-state index in [2.05, 4.69) is 4.73 Å². The van der Waals surface area contributed by atoms with E-state index in [1.807, 2.05) is 0 Å². The third-order valence-corrected chi connectivity index (χ3v) is 0.270. The van der Waals surface area contributed by atoms with E-state index in [9.17, 15) is 4.53 Å². The van der Waals surface area contributed by atoms with Crippen LogP contribution in [0.4, 0.5) is 4.53 Å². The summed E-state index contributed by atoms with van der Waals surface area (Å²) in [5.74, 6) is 0. The van der Waals surface area contributed by atoms with Crippen LogP contribution in [0.1, 0.15) is 0 Å². The molecule has 0 spiro atoms. The third kappa shape index (κ3) is 25.9. The molecule has 9 heteroatoms. The Kier molecular flexibility index (Phi) is 24.3. The molecule has 51 valence electrons. The van der Waals surface area contributed by atoms with E-state index < -0.39 is 7.82 Å². The number of hydrogen-bond donors (Lipinski definition) is 2. The van der Waals surface area contributed by atoms with E-state index in [-0.39, 0.29) is 54.8 Å². The first-order valence-corrected chi connectivity index (χ1v) is 2.45. The predicted octanol–water partition coefficient (Wildman–Crippen LogP) is -1.85. The molecule has 0 fully saturated rings. The van der Waals surface area contributed by atoms with Crippen molar-refractivity contribution in [1.29, 1.82) is 0 Å². The molecule has 0 bridgehead atoms. The Bertz CT molecular complexity index is 84.6. The summed E-state index contributed by atoms with van der Waals surface area (Å²) in [7, 11) is -4.81. The fraction of sp³-hybridized carbons (Fsp3) is 0. The minimum atomic E-state index is -4.81. The molecule has 0 aromatic carbocycles. The summed E-state index contributed by atoms with van der Waals surface area (Å²) >= 11 is 0. The van der Waals surface area contributed by atoms with Crippen LogP contribution in [0.2, 0.25) is 0 Å². The third-order valence-electron chi connectivity index (χ3n) is 0.0899. The van der Waals surface area contributed by atoms with Crippen LogP contribution in [0, 0.1) is 0 Å². The van der Waals surface area contributed by atoms with Gasteiger partial charge in [-0.1, -0.05) is 4.73 Å². The van der Waals surface area contributed by atoms with Crippen LogP contribution in [0.25, 0.3) is 0 Å². The molecule has 0 atom stereocenters. The van der Waals surface area contributed by atoms with Crippen molar-refractivity contribution in [1.82, 2.24) is 0 Å². The second-order valence-electron chi connectivity index (χ2n) is 0.560. The fourth-order valence-corrected chi connectivity index (χ4v) is 0. The van der Waals surface area contributed by atoms with Gasteiger partial charge in [0.1, 0.15) is 0 Å². The molecule has 0 aromatic rings. The maximum absolute atomic E-state index is 10.2. The summed E-state index contributed by atoms with van der Waals surface area (Å²) in [4.78, 5) is 14.7. The molecule has 9 heavy (non-hydrogen) atoms. The summed E-state index contributed by atoms with van der Waals surface area (Å²) in [6, 6.07) is 0. The minimum absolute atomic E-state index is 0. The van der Waals surface area contributed by atoms with Gasteiger partial charge in [-0.15, -0.1) is 0 Å². The van der Waals surface area contributed by atoms with E-state index in [1.165, 1.54) is 0 Å². The van der Waals surface area contributed by atoms with Gasteiger partial charge in [0, 0.05) is 18.6 Å². The number of hydrogen-bond acceptors (Lipinski definition) is 2. The molecule has 2 N–H and O–H groups in total. The van der Waals surface area contributed by atoms with Crippen molar-refractivity contribution in [3.63, 3.8) is 0 Å². The molecule has 0 saturated heterocycles. The Labute approximate surface area is 85.9 Å². The Balaban J connectivity index is -0.0000000417. The van der Waals surface area contributed by atoms with Gasteiger partial charge in [0.05, 0.1) is 0 Å². The van der Waals surface area contributed by atoms with Crippen LogP contribution in [0.3, 0.4) is 0 Å². The smallest absolute Gasteiger partial charge is 0 e. The number of phosphoric acid groups is 1. The fourth-order valence-electron chi connectivity index (χ4n) is 0. The zero-order valence-corrected chi connectivity index (χ0v) is 5.27. The van der Waals surface area contributed by atoms with E-state index in [1.54, 1.807) is 0 Å². The average molecular weight is 205 g/mol. The van der Waals surface area contributed by atoms with E-state index >= 15 is 0 Å². The molecular formula is H6AlFLiO4PV. The van der Waals surface area contributed by atoms with Crippen LogP contribution < -0.4 is 0 Å². The Morgan fingerprint density at radius 3 is 1.56 bits per heavy atom. The monoisotopic (exact) mass is 205 g/mol. The Morgan fingerprint density at radius 2 is 1.56 bits per heavy atom. The first kappa shape index (κ1) is 22.4. The van der Waals surface area contributed by atoms with Crippen molar-refractivity contribution in [2.24, 2.45) is 0 Å². The molecule has 0 saturated carbocycles. The van der Waals surface area contributed by atoms with Gasteiger partial charge in [-0.25, -0.2) is 4.57 Å². The van der Waals surface area contributed by atoms with Crippen LogP contribution in [-0.2, 0) is 27.8 Å². The molecule has 0 aliphatic heterocycles. The molecule has 0 rings (SSSR count). The minimum Gasteiger partial charge on any atom is 0 e. The van der Waals surface area contributed by atoms with Crippen LogP contribution >= 0.6 is 7.82 Å². The average Bonchev–Trinajstić information content (AvgIpc) is 1.35. The normalized spacial score (nSPS) is 7.89. The van der Waals surface area contributed by atoms with Gasteiger partial charge in [-0.2, -0.15) is 0 Å². The number of halogens is 1. The second-order valence-corrected chi connectivity index (χ2v) is 1.68. The van der Waals surface area contributed by atoms with Crippen molar-refractivity contribution >= 4 is 44.0 Å². The zero-order chi connectivity index (χ0) is 5.21. The van der Waals surface area contributed by atoms with Crippen LogP contribution in [-0.4, -0.2) is 46.0 Å². The summed E-state index contributed by atoms with van der Waals surface area (Å²) in [6.45, 7) is 0. The molecule has 4 nitrogen and oxygen atoms in total. The van der Waals surface area contributed by atoms with Gasteiger partial charge >= 0.3 is 26.7 Å². The standard InChI is InChI=1S/Al.FH2O4P.Li.V.4H/c;1-5-6(2,3)4;;;;;;/h;(H2,2,3,4);;;;;;. The van der Waals surface area contributed by atoms with Crippen molar-refractivity contribution in [3.8, 4) is 0 Å². The Morgan fingerprint density at radius 1 is 1.44 bits per heavy atom. The molecule has 0 aromatic heterocycles. The molecule has 0 aliphatic carbocycles.